The molecule has 0 radical (unpaired) electrons. The first-order valence-electron chi connectivity index (χ1n) is 7.20. The van der Waals surface area contributed by atoms with Crippen LogP contribution in [0, 0.1) is 6.92 Å². The lowest BCUT2D eigenvalue weighted by molar-refractivity contribution is 0.131. The number of benzene rings is 1. The summed E-state index contributed by atoms with van der Waals surface area (Å²) < 4.78 is 6.19. The summed E-state index contributed by atoms with van der Waals surface area (Å²) in [5.41, 5.74) is 1.28. The Morgan fingerprint density at radius 1 is 1.00 bits per heavy atom. The van der Waals surface area contributed by atoms with Crippen molar-refractivity contribution in [1.29, 1.82) is 0 Å². The van der Waals surface area contributed by atoms with Crippen LogP contribution >= 0.6 is 0 Å². The van der Waals surface area contributed by atoms with Crippen LogP contribution < -0.4 is 10.1 Å². The largest absolute Gasteiger partial charge is 0.489 e. The first-order chi connectivity index (χ1) is 8.79. The zero-order chi connectivity index (χ0) is 12.8. The smallest absolute Gasteiger partial charge is 0.119 e. The van der Waals surface area contributed by atoms with Crippen molar-refractivity contribution < 1.29 is 4.74 Å². The number of aryl methyl sites for hydroxylation is 1. The third kappa shape index (κ3) is 3.74. The fourth-order valence-electron chi connectivity index (χ4n) is 2.71. The normalized spacial score (nSPS) is 25.2. The number of rotatable bonds is 3. The van der Waals surface area contributed by atoms with E-state index in [1.807, 2.05) is 0 Å². The van der Waals surface area contributed by atoms with Gasteiger partial charge >= 0.3 is 0 Å². The molecule has 1 aliphatic rings. The molecule has 0 spiro atoms. The summed E-state index contributed by atoms with van der Waals surface area (Å²) in [5.74, 6) is 1.01. The van der Waals surface area contributed by atoms with E-state index in [9.17, 15) is 0 Å². The Morgan fingerprint density at radius 3 is 2.33 bits per heavy atom. The Hall–Kier alpha value is -1.02. The molecule has 2 heteroatoms. The average molecular weight is 247 g/mol. The molecule has 1 fully saturated rings. The highest BCUT2D eigenvalue weighted by molar-refractivity contribution is 5.26. The highest BCUT2D eigenvalue weighted by Gasteiger charge is 2.22. The molecule has 2 rings (SSSR count). The van der Waals surface area contributed by atoms with Gasteiger partial charge in [0.15, 0.2) is 0 Å². The molecule has 0 bridgehead atoms. The van der Waals surface area contributed by atoms with Gasteiger partial charge in [-0.2, -0.15) is 0 Å². The SMILES string of the molecule is CNC1CCCCCCC1Oc1ccc(C)cc1. The number of hydrogen-bond donors (Lipinski definition) is 1. The zero-order valence-electron chi connectivity index (χ0n) is 11.6. The van der Waals surface area contributed by atoms with Crippen molar-refractivity contribution in [3.63, 3.8) is 0 Å². The lowest BCUT2D eigenvalue weighted by Gasteiger charge is -2.29. The average Bonchev–Trinajstić information content (AvgIpc) is 2.36. The Labute approximate surface area is 111 Å². The first kappa shape index (κ1) is 13.4. The van der Waals surface area contributed by atoms with Gasteiger partial charge in [-0.25, -0.2) is 0 Å². The fourth-order valence-corrected chi connectivity index (χ4v) is 2.71. The van der Waals surface area contributed by atoms with E-state index in [0.29, 0.717) is 12.1 Å². The van der Waals surface area contributed by atoms with Crippen molar-refractivity contribution in [2.24, 2.45) is 0 Å². The van der Waals surface area contributed by atoms with Crippen molar-refractivity contribution in [2.75, 3.05) is 7.05 Å². The molecule has 1 aromatic rings. The van der Waals surface area contributed by atoms with Crippen LogP contribution in [0.5, 0.6) is 5.75 Å². The summed E-state index contributed by atoms with van der Waals surface area (Å²) in [5, 5.41) is 3.43. The summed E-state index contributed by atoms with van der Waals surface area (Å²) in [6.07, 6.45) is 8.04. The van der Waals surface area contributed by atoms with Gasteiger partial charge in [-0.1, -0.05) is 37.0 Å². The second-order valence-corrected chi connectivity index (χ2v) is 5.36. The summed E-state index contributed by atoms with van der Waals surface area (Å²) in [6.45, 7) is 2.11. The van der Waals surface area contributed by atoms with E-state index in [1.54, 1.807) is 0 Å². The van der Waals surface area contributed by atoms with E-state index in [4.69, 9.17) is 4.74 Å². The van der Waals surface area contributed by atoms with E-state index >= 15 is 0 Å². The Bertz CT molecular complexity index is 347. The van der Waals surface area contributed by atoms with Crippen LogP contribution in [-0.2, 0) is 0 Å². The highest BCUT2D eigenvalue weighted by atomic mass is 16.5. The molecule has 2 atom stereocenters. The molecule has 0 aromatic heterocycles. The van der Waals surface area contributed by atoms with Gasteiger partial charge in [-0.15, -0.1) is 0 Å². The predicted molar refractivity (Wildman–Crippen MR) is 76.1 cm³/mol. The molecule has 0 saturated heterocycles. The standard InChI is InChI=1S/C16H25NO/c1-13-9-11-14(12-10-13)18-16-8-6-4-3-5-7-15(16)17-2/h9-12,15-17H,3-8H2,1-2H3. The molecule has 1 N–H and O–H groups in total. The van der Waals surface area contributed by atoms with Crippen molar-refractivity contribution in [3.8, 4) is 5.75 Å². The molecule has 0 aliphatic heterocycles. The van der Waals surface area contributed by atoms with Gasteiger partial charge in [0.1, 0.15) is 11.9 Å². The summed E-state index contributed by atoms with van der Waals surface area (Å²) >= 11 is 0. The van der Waals surface area contributed by atoms with Crippen LogP contribution in [0.4, 0.5) is 0 Å². The van der Waals surface area contributed by atoms with Crippen molar-refractivity contribution in [2.45, 2.75) is 57.6 Å². The van der Waals surface area contributed by atoms with Gasteiger partial charge in [0.25, 0.3) is 0 Å². The molecule has 100 valence electrons. The van der Waals surface area contributed by atoms with Gasteiger partial charge < -0.3 is 10.1 Å². The third-order valence-corrected chi connectivity index (χ3v) is 3.88. The zero-order valence-corrected chi connectivity index (χ0v) is 11.6. The lowest BCUT2D eigenvalue weighted by atomic mass is 9.94. The van der Waals surface area contributed by atoms with Crippen LogP contribution in [-0.4, -0.2) is 19.2 Å². The van der Waals surface area contributed by atoms with Gasteiger partial charge in [-0.05, 0) is 45.4 Å². The maximum Gasteiger partial charge on any atom is 0.119 e. The molecule has 1 aromatic carbocycles. The summed E-state index contributed by atoms with van der Waals surface area (Å²) in [4.78, 5) is 0. The van der Waals surface area contributed by atoms with E-state index in [0.717, 1.165) is 5.75 Å². The number of likely N-dealkylation sites (N-methyl/N-ethyl adjacent to an activating group) is 1. The van der Waals surface area contributed by atoms with E-state index in [1.165, 1.54) is 44.1 Å². The van der Waals surface area contributed by atoms with Gasteiger partial charge in [0.2, 0.25) is 0 Å². The van der Waals surface area contributed by atoms with Crippen LogP contribution in [0.3, 0.4) is 0 Å². The Morgan fingerprint density at radius 2 is 1.67 bits per heavy atom. The van der Waals surface area contributed by atoms with Crippen molar-refractivity contribution in [3.05, 3.63) is 29.8 Å². The van der Waals surface area contributed by atoms with Gasteiger partial charge in [-0.3, -0.25) is 0 Å². The van der Waals surface area contributed by atoms with E-state index in [-0.39, 0.29) is 0 Å². The van der Waals surface area contributed by atoms with E-state index in [2.05, 4.69) is 43.6 Å². The molecule has 1 aliphatic carbocycles. The minimum atomic E-state index is 0.318. The topological polar surface area (TPSA) is 21.3 Å². The van der Waals surface area contributed by atoms with Gasteiger partial charge in [0.05, 0.1) is 0 Å². The number of hydrogen-bond acceptors (Lipinski definition) is 2. The molecule has 0 heterocycles. The lowest BCUT2D eigenvalue weighted by Crippen LogP contribution is -2.41. The van der Waals surface area contributed by atoms with Crippen LogP contribution in [0.2, 0.25) is 0 Å². The first-order valence-corrected chi connectivity index (χ1v) is 7.20. The molecule has 1 saturated carbocycles. The molecular formula is C16H25NO. The monoisotopic (exact) mass is 247 g/mol. The Balaban J connectivity index is 2.00. The minimum absolute atomic E-state index is 0.318. The van der Waals surface area contributed by atoms with Crippen LogP contribution in [0.25, 0.3) is 0 Å². The Kier molecular flexibility index (Phi) is 5.06. The molecular weight excluding hydrogens is 222 g/mol. The fraction of sp³-hybridized carbons (Fsp3) is 0.625. The maximum atomic E-state index is 6.19. The molecule has 0 amide bonds. The van der Waals surface area contributed by atoms with Gasteiger partial charge in [0, 0.05) is 6.04 Å². The summed E-state index contributed by atoms with van der Waals surface area (Å²) in [6, 6.07) is 8.90. The number of ether oxygens (including phenoxy) is 1. The molecule has 18 heavy (non-hydrogen) atoms. The number of nitrogens with one attached hydrogen (secondary N) is 1. The highest BCUT2D eigenvalue weighted by Crippen LogP contribution is 2.23. The van der Waals surface area contributed by atoms with Crippen molar-refractivity contribution >= 4 is 0 Å². The molecule has 2 nitrogen and oxygen atoms in total. The van der Waals surface area contributed by atoms with E-state index < -0.39 is 0 Å². The van der Waals surface area contributed by atoms with Crippen LogP contribution in [0.15, 0.2) is 24.3 Å². The van der Waals surface area contributed by atoms with Crippen LogP contribution in [0.1, 0.15) is 44.1 Å². The molecule has 2 unspecified atom stereocenters. The maximum absolute atomic E-state index is 6.19. The minimum Gasteiger partial charge on any atom is -0.489 e. The third-order valence-electron chi connectivity index (χ3n) is 3.88. The second-order valence-electron chi connectivity index (χ2n) is 5.36. The quantitative estimate of drug-likeness (QED) is 0.879. The predicted octanol–water partition coefficient (Wildman–Crippen LogP) is 3.68. The summed E-state index contributed by atoms with van der Waals surface area (Å²) in [7, 11) is 2.05. The van der Waals surface area contributed by atoms with Crippen molar-refractivity contribution in [1.82, 2.24) is 5.32 Å². The second kappa shape index (κ2) is 6.79.